The minimum atomic E-state index is 0.743. The third-order valence-electron chi connectivity index (χ3n) is 2.90. The Morgan fingerprint density at radius 1 is 1.15 bits per heavy atom. The summed E-state index contributed by atoms with van der Waals surface area (Å²) in [6.45, 7) is 0. The predicted molar refractivity (Wildman–Crippen MR) is 82.2 cm³/mol. The van der Waals surface area contributed by atoms with Crippen LogP contribution in [0.15, 0.2) is 53.3 Å². The normalized spacial score (nSPS) is 11.4. The average Bonchev–Trinajstić information content (AvgIpc) is 3.07. The van der Waals surface area contributed by atoms with Gasteiger partial charge in [0.1, 0.15) is 0 Å². The lowest BCUT2D eigenvalue weighted by atomic mass is 10.3. The van der Waals surface area contributed by atoms with Crippen LogP contribution in [0.4, 0.5) is 0 Å². The van der Waals surface area contributed by atoms with Crippen LogP contribution in [0.3, 0.4) is 0 Å². The van der Waals surface area contributed by atoms with Gasteiger partial charge in [0.25, 0.3) is 0 Å². The lowest BCUT2D eigenvalue weighted by Crippen LogP contribution is -1.83. The smallest absolute Gasteiger partial charge is 0.233 e. The monoisotopic (exact) mass is 298 g/mol. The van der Waals surface area contributed by atoms with Crippen LogP contribution >= 0.6 is 23.1 Å². The van der Waals surface area contributed by atoms with Crippen molar-refractivity contribution < 1.29 is 0 Å². The molecular weight excluding hydrogens is 288 g/mol. The van der Waals surface area contributed by atoms with Gasteiger partial charge in [-0.15, -0.1) is 11.3 Å². The van der Waals surface area contributed by atoms with Crippen molar-refractivity contribution >= 4 is 39.1 Å². The number of thioether (sulfide) groups is 1. The fourth-order valence-electron chi connectivity index (χ4n) is 2.00. The number of fused-ring (bicyclic) bond motifs is 2. The molecule has 6 heteroatoms. The van der Waals surface area contributed by atoms with Gasteiger partial charge in [0.05, 0.1) is 15.9 Å². The van der Waals surface area contributed by atoms with Gasteiger partial charge in [-0.2, -0.15) is 0 Å². The Labute approximate surface area is 123 Å². The lowest BCUT2D eigenvalue weighted by molar-refractivity contribution is 1.11. The third-order valence-corrected chi connectivity index (χ3v) is 5.12. The quantitative estimate of drug-likeness (QED) is 0.542. The summed E-state index contributed by atoms with van der Waals surface area (Å²) in [4.78, 5) is 13.3. The van der Waals surface area contributed by atoms with Gasteiger partial charge in [-0.25, -0.2) is 15.0 Å². The lowest BCUT2D eigenvalue weighted by Gasteiger charge is -1.91. The fourth-order valence-corrected chi connectivity index (χ4v) is 3.95. The van der Waals surface area contributed by atoms with Crippen LogP contribution in [0.25, 0.3) is 16.0 Å². The van der Waals surface area contributed by atoms with Crippen molar-refractivity contribution in [3.05, 3.63) is 54.6 Å². The predicted octanol–water partition coefficient (Wildman–Crippen LogP) is 3.63. The Hall–Kier alpha value is -1.92. The summed E-state index contributed by atoms with van der Waals surface area (Å²) in [7, 11) is 0. The number of thiazole rings is 1. The molecule has 0 saturated heterocycles. The van der Waals surface area contributed by atoms with E-state index < -0.39 is 0 Å². The van der Waals surface area contributed by atoms with Crippen molar-refractivity contribution in [1.29, 1.82) is 0 Å². The van der Waals surface area contributed by atoms with Gasteiger partial charge in [-0.05, 0) is 18.2 Å². The van der Waals surface area contributed by atoms with Gasteiger partial charge in [-0.1, -0.05) is 23.9 Å². The fraction of sp³-hybridized carbons (Fsp3) is 0.0714. The van der Waals surface area contributed by atoms with Gasteiger partial charge in [0.15, 0.2) is 4.34 Å². The standard InChI is InChI=1S/C14H10N4S2/c1-2-5-12-11(4-1)17-14(20-12)19-9-10-8-18-7-3-6-15-13(18)16-10/h1-8H,9H2. The summed E-state index contributed by atoms with van der Waals surface area (Å²) in [5.41, 5.74) is 2.09. The van der Waals surface area contributed by atoms with Crippen molar-refractivity contribution in [3.8, 4) is 0 Å². The van der Waals surface area contributed by atoms with E-state index in [9.17, 15) is 0 Å². The molecule has 0 fully saturated rings. The number of imidazole rings is 1. The molecule has 0 aliphatic rings. The maximum Gasteiger partial charge on any atom is 0.233 e. The molecule has 0 atom stereocenters. The molecule has 0 spiro atoms. The topological polar surface area (TPSA) is 43.1 Å². The largest absolute Gasteiger partial charge is 0.291 e. The number of para-hydroxylation sites is 1. The van der Waals surface area contributed by atoms with E-state index in [-0.39, 0.29) is 0 Å². The Morgan fingerprint density at radius 2 is 2.10 bits per heavy atom. The van der Waals surface area contributed by atoms with Crippen molar-refractivity contribution in [2.45, 2.75) is 10.1 Å². The molecule has 0 bridgehead atoms. The SMILES string of the molecule is c1ccc2sc(SCc3cn4cccnc4n3)nc2c1. The molecule has 0 N–H and O–H groups in total. The molecule has 98 valence electrons. The second-order valence-electron chi connectivity index (χ2n) is 4.30. The molecule has 0 aliphatic heterocycles. The van der Waals surface area contributed by atoms with Crippen molar-refractivity contribution in [2.24, 2.45) is 0 Å². The molecule has 3 heterocycles. The van der Waals surface area contributed by atoms with Crippen LogP contribution in [0.2, 0.25) is 0 Å². The van der Waals surface area contributed by atoms with E-state index in [0.29, 0.717) is 0 Å². The highest BCUT2D eigenvalue weighted by Crippen LogP contribution is 2.31. The molecule has 0 aliphatic carbocycles. The summed E-state index contributed by atoms with van der Waals surface area (Å²) in [5, 5.41) is 0. The Morgan fingerprint density at radius 3 is 3.00 bits per heavy atom. The Kier molecular flexibility index (Phi) is 2.90. The molecule has 1 aromatic carbocycles. The van der Waals surface area contributed by atoms with E-state index in [4.69, 9.17) is 0 Å². The van der Waals surface area contributed by atoms with Gasteiger partial charge >= 0.3 is 0 Å². The molecule has 4 nitrogen and oxygen atoms in total. The van der Waals surface area contributed by atoms with Crippen LogP contribution in [-0.4, -0.2) is 19.4 Å². The minimum Gasteiger partial charge on any atom is -0.291 e. The zero-order chi connectivity index (χ0) is 13.4. The highest BCUT2D eigenvalue weighted by Gasteiger charge is 2.06. The summed E-state index contributed by atoms with van der Waals surface area (Å²) in [5.74, 6) is 1.55. The van der Waals surface area contributed by atoms with Crippen LogP contribution in [-0.2, 0) is 5.75 Å². The van der Waals surface area contributed by atoms with Gasteiger partial charge in [0, 0.05) is 24.3 Å². The van der Waals surface area contributed by atoms with Gasteiger partial charge in [0.2, 0.25) is 5.78 Å². The Balaban J connectivity index is 1.57. The molecule has 0 saturated carbocycles. The second kappa shape index (κ2) is 4.88. The second-order valence-corrected chi connectivity index (χ2v) is 6.55. The van der Waals surface area contributed by atoms with Crippen molar-refractivity contribution in [3.63, 3.8) is 0 Å². The van der Waals surface area contributed by atoms with Crippen LogP contribution < -0.4 is 0 Å². The molecule has 4 aromatic rings. The number of hydrogen-bond donors (Lipinski definition) is 0. The van der Waals surface area contributed by atoms with E-state index in [2.05, 4.69) is 21.0 Å². The van der Waals surface area contributed by atoms with Gasteiger partial charge in [-0.3, -0.25) is 4.40 Å². The number of hydrogen-bond acceptors (Lipinski definition) is 5. The van der Waals surface area contributed by atoms with Crippen molar-refractivity contribution in [1.82, 2.24) is 19.4 Å². The van der Waals surface area contributed by atoms with E-state index in [1.54, 1.807) is 29.3 Å². The van der Waals surface area contributed by atoms with Crippen molar-refractivity contribution in [2.75, 3.05) is 0 Å². The number of rotatable bonds is 3. The highest BCUT2D eigenvalue weighted by molar-refractivity contribution is 8.00. The maximum absolute atomic E-state index is 4.61. The molecule has 4 rings (SSSR count). The van der Waals surface area contributed by atoms with Gasteiger partial charge < -0.3 is 0 Å². The maximum atomic E-state index is 4.61. The molecule has 20 heavy (non-hydrogen) atoms. The third kappa shape index (κ3) is 2.17. The summed E-state index contributed by atoms with van der Waals surface area (Å²) < 4.78 is 4.25. The molecular formula is C14H10N4S2. The minimum absolute atomic E-state index is 0.743. The van der Waals surface area contributed by atoms with E-state index in [1.165, 1.54) is 4.70 Å². The number of benzene rings is 1. The summed E-state index contributed by atoms with van der Waals surface area (Å²) >= 11 is 3.44. The van der Waals surface area contributed by atoms with Crippen LogP contribution in [0.5, 0.6) is 0 Å². The molecule has 0 radical (unpaired) electrons. The summed E-state index contributed by atoms with van der Waals surface area (Å²) in [6.07, 6.45) is 5.73. The zero-order valence-corrected chi connectivity index (χ0v) is 12.1. The number of nitrogens with zero attached hydrogens (tertiary/aromatic N) is 4. The molecule has 0 amide bonds. The Bertz CT molecular complexity index is 741. The number of aromatic nitrogens is 4. The first-order valence-electron chi connectivity index (χ1n) is 6.15. The first-order valence-corrected chi connectivity index (χ1v) is 7.96. The average molecular weight is 298 g/mol. The highest BCUT2D eigenvalue weighted by atomic mass is 32.2. The van der Waals surface area contributed by atoms with E-state index >= 15 is 0 Å². The van der Waals surface area contributed by atoms with E-state index in [0.717, 1.165) is 27.1 Å². The first-order chi connectivity index (χ1) is 9.88. The zero-order valence-electron chi connectivity index (χ0n) is 10.4. The summed E-state index contributed by atoms with van der Waals surface area (Å²) in [6, 6.07) is 10.1. The van der Waals surface area contributed by atoms with E-state index in [1.807, 2.05) is 41.1 Å². The first kappa shape index (κ1) is 11.9. The van der Waals surface area contributed by atoms with Crippen LogP contribution in [0.1, 0.15) is 5.69 Å². The van der Waals surface area contributed by atoms with Crippen LogP contribution in [0, 0.1) is 0 Å². The molecule has 3 aromatic heterocycles. The molecule has 0 unspecified atom stereocenters.